The van der Waals surface area contributed by atoms with E-state index in [9.17, 15) is 0 Å². The smallest absolute Gasteiger partial charge is 0.190 e. The second kappa shape index (κ2) is 8.55. The van der Waals surface area contributed by atoms with E-state index in [1.807, 2.05) is 7.05 Å². The standard InChI is InChI=1S/C19H24N4S/c1-20-19(22-12-10-16-7-5-13-24-16)21-11-4-6-15-14-23-18-9-3-2-8-17(15)18/h2-3,5,7-9,13-14,23H,4,6,10-12H2,1H3,(H2,20,21,22). The summed E-state index contributed by atoms with van der Waals surface area (Å²) in [6, 6.07) is 12.7. The van der Waals surface area contributed by atoms with Gasteiger partial charge in [0, 0.05) is 42.1 Å². The summed E-state index contributed by atoms with van der Waals surface area (Å²) in [6.45, 7) is 1.82. The van der Waals surface area contributed by atoms with Gasteiger partial charge >= 0.3 is 0 Å². The zero-order valence-corrected chi connectivity index (χ0v) is 14.8. The highest BCUT2D eigenvalue weighted by atomic mass is 32.1. The van der Waals surface area contributed by atoms with Crippen molar-refractivity contribution in [2.24, 2.45) is 4.99 Å². The van der Waals surface area contributed by atoms with Crippen molar-refractivity contribution in [1.82, 2.24) is 15.6 Å². The van der Waals surface area contributed by atoms with E-state index in [0.717, 1.165) is 38.3 Å². The number of aryl methyl sites for hydroxylation is 1. The lowest BCUT2D eigenvalue weighted by Crippen LogP contribution is -2.38. The van der Waals surface area contributed by atoms with Gasteiger partial charge in [-0.1, -0.05) is 24.3 Å². The highest BCUT2D eigenvalue weighted by Crippen LogP contribution is 2.18. The number of para-hydroxylation sites is 1. The van der Waals surface area contributed by atoms with E-state index in [1.54, 1.807) is 11.3 Å². The second-order valence-electron chi connectivity index (χ2n) is 5.72. The van der Waals surface area contributed by atoms with Crippen LogP contribution in [0.2, 0.25) is 0 Å². The molecule has 0 saturated heterocycles. The molecule has 2 aromatic heterocycles. The van der Waals surface area contributed by atoms with Crippen molar-refractivity contribution < 1.29 is 0 Å². The third-order valence-electron chi connectivity index (χ3n) is 4.06. The van der Waals surface area contributed by atoms with Crippen LogP contribution in [0.5, 0.6) is 0 Å². The lowest BCUT2D eigenvalue weighted by Gasteiger charge is -2.11. The first-order valence-electron chi connectivity index (χ1n) is 8.38. The van der Waals surface area contributed by atoms with E-state index in [-0.39, 0.29) is 0 Å². The molecule has 0 saturated carbocycles. The van der Waals surface area contributed by atoms with Crippen molar-refractivity contribution in [2.75, 3.05) is 20.1 Å². The zero-order chi connectivity index (χ0) is 16.6. The molecule has 3 aromatic rings. The number of aliphatic imine (C=N–C) groups is 1. The number of hydrogen-bond donors (Lipinski definition) is 3. The lowest BCUT2D eigenvalue weighted by molar-refractivity contribution is 0.742. The van der Waals surface area contributed by atoms with Crippen LogP contribution in [0.25, 0.3) is 10.9 Å². The summed E-state index contributed by atoms with van der Waals surface area (Å²) in [6.07, 6.45) is 5.29. The van der Waals surface area contributed by atoms with Gasteiger partial charge < -0.3 is 15.6 Å². The SMILES string of the molecule is CN=C(NCCCc1c[nH]c2ccccc12)NCCc1cccs1. The molecule has 2 heterocycles. The number of rotatable bonds is 7. The fourth-order valence-electron chi connectivity index (χ4n) is 2.80. The van der Waals surface area contributed by atoms with Crippen LogP contribution in [0.1, 0.15) is 16.9 Å². The number of guanidine groups is 1. The number of H-pyrrole nitrogens is 1. The minimum atomic E-state index is 0.880. The van der Waals surface area contributed by atoms with Crippen molar-refractivity contribution in [3.63, 3.8) is 0 Å². The monoisotopic (exact) mass is 340 g/mol. The van der Waals surface area contributed by atoms with Gasteiger partial charge in [-0.2, -0.15) is 0 Å². The normalized spacial score (nSPS) is 11.8. The maximum Gasteiger partial charge on any atom is 0.190 e. The average molecular weight is 340 g/mol. The Bertz CT molecular complexity index is 774. The Balaban J connectivity index is 1.38. The molecule has 24 heavy (non-hydrogen) atoms. The van der Waals surface area contributed by atoms with E-state index in [0.29, 0.717) is 0 Å². The summed E-state index contributed by atoms with van der Waals surface area (Å²) in [5.74, 6) is 0.880. The van der Waals surface area contributed by atoms with E-state index in [4.69, 9.17) is 0 Å². The molecule has 0 radical (unpaired) electrons. The predicted octanol–water partition coefficient (Wildman–Crippen LogP) is 3.57. The minimum absolute atomic E-state index is 0.880. The maximum absolute atomic E-state index is 4.28. The molecular weight excluding hydrogens is 316 g/mol. The molecule has 0 spiro atoms. The first-order valence-corrected chi connectivity index (χ1v) is 9.26. The van der Waals surface area contributed by atoms with E-state index in [2.05, 4.69) is 68.6 Å². The van der Waals surface area contributed by atoms with Gasteiger partial charge in [-0.15, -0.1) is 11.3 Å². The summed E-state index contributed by atoms with van der Waals surface area (Å²) in [5.41, 5.74) is 2.60. The summed E-state index contributed by atoms with van der Waals surface area (Å²) >= 11 is 1.80. The van der Waals surface area contributed by atoms with Crippen LogP contribution in [-0.4, -0.2) is 31.1 Å². The summed E-state index contributed by atoms with van der Waals surface area (Å²) < 4.78 is 0. The van der Waals surface area contributed by atoms with Crippen molar-refractivity contribution in [2.45, 2.75) is 19.3 Å². The van der Waals surface area contributed by atoms with Gasteiger partial charge in [0.05, 0.1) is 0 Å². The number of thiophene rings is 1. The molecule has 0 aliphatic carbocycles. The first kappa shape index (κ1) is 16.6. The van der Waals surface area contributed by atoms with Crippen molar-refractivity contribution in [1.29, 1.82) is 0 Å². The number of aromatic nitrogens is 1. The molecule has 3 rings (SSSR count). The summed E-state index contributed by atoms with van der Waals surface area (Å²) in [7, 11) is 1.82. The molecule has 3 N–H and O–H groups in total. The molecule has 4 nitrogen and oxygen atoms in total. The molecule has 0 bridgehead atoms. The van der Waals surface area contributed by atoms with Gasteiger partial charge in [0.15, 0.2) is 5.96 Å². The molecule has 5 heteroatoms. The number of fused-ring (bicyclic) bond motifs is 1. The largest absolute Gasteiger partial charge is 0.361 e. The quantitative estimate of drug-likeness (QED) is 0.350. The van der Waals surface area contributed by atoms with E-state index < -0.39 is 0 Å². The molecule has 0 unspecified atom stereocenters. The Kier molecular flexibility index (Phi) is 5.90. The predicted molar refractivity (Wildman–Crippen MR) is 104 cm³/mol. The number of nitrogens with zero attached hydrogens (tertiary/aromatic N) is 1. The first-order chi connectivity index (χ1) is 11.9. The number of aromatic amines is 1. The van der Waals surface area contributed by atoms with Crippen molar-refractivity contribution in [3.05, 3.63) is 58.4 Å². The van der Waals surface area contributed by atoms with Crippen LogP contribution in [0.3, 0.4) is 0 Å². The third kappa shape index (κ3) is 4.38. The molecular formula is C19H24N4S. The van der Waals surface area contributed by atoms with Gasteiger partial charge in [0.2, 0.25) is 0 Å². The van der Waals surface area contributed by atoms with Crippen LogP contribution in [-0.2, 0) is 12.8 Å². The minimum Gasteiger partial charge on any atom is -0.361 e. The van der Waals surface area contributed by atoms with Crippen molar-refractivity contribution >= 4 is 28.2 Å². The number of nitrogens with one attached hydrogen (secondary N) is 3. The Morgan fingerprint density at radius 1 is 1.08 bits per heavy atom. The Morgan fingerprint density at radius 3 is 2.79 bits per heavy atom. The molecule has 0 aliphatic rings. The summed E-state index contributed by atoms with van der Waals surface area (Å²) in [4.78, 5) is 9.02. The fraction of sp³-hybridized carbons (Fsp3) is 0.316. The van der Waals surface area contributed by atoms with Gasteiger partial charge in [-0.05, 0) is 42.3 Å². The maximum atomic E-state index is 4.28. The molecule has 0 aliphatic heterocycles. The van der Waals surface area contributed by atoms with Crippen molar-refractivity contribution in [3.8, 4) is 0 Å². The molecule has 1 aromatic carbocycles. The van der Waals surface area contributed by atoms with Gasteiger partial charge in [-0.3, -0.25) is 4.99 Å². The number of hydrogen-bond acceptors (Lipinski definition) is 2. The summed E-state index contributed by atoms with van der Waals surface area (Å²) in [5, 5.41) is 10.2. The topological polar surface area (TPSA) is 52.2 Å². The van der Waals surface area contributed by atoms with E-state index in [1.165, 1.54) is 21.3 Å². The third-order valence-corrected chi connectivity index (χ3v) is 4.99. The van der Waals surface area contributed by atoms with Gasteiger partial charge in [0.25, 0.3) is 0 Å². The molecule has 126 valence electrons. The molecule has 0 fully saturated rings. The zero-order valence-electron chi connectivity index (χ0n) is 14.0. The van der Waals surface area contributed by atoms with Crippen LogP contribution in [0, 0.1) is 0 Å². The molecule has 0 amide bonds. The van der Waals surface area contributed by atoms with Crippen LogP contribution < -0.4 is 10.6 Å². The Labute approximate surface area is 147 Å². The lowest BCUT2D eigenvalue weighted by atomic mass is 10.1. The average Bonchev–Trinajstić information content (AvgIpc) is 3.27. The highest BCUT2D eigenvalue weighted by Gasteiger charge is 2.03. The van der Waals surface area contributed by atoms with Crippen LogP contribution in [0.4, 0.5) is 0 Å². The van der Waals surface area contributed by atoms with Gasteiger partial charge in [-0.25, -0.2) is 0 Å². The number of benzene rings is 1. The second-order valence-corrected chi connectivity index (χ2v) is 6.75. The highest BCUT2D eigenvalue weighted by molar-refractivity contribution is 7.09. The van der Waals surface area contributed by atoms with Gasteiger partial charge in [0.1, 0.15) is 0 Å². The van der Waals surface area contributed by atoms with Crippen LogP contribution >= 0.6 is 11.3 Å². The van der Waals surface area contributed by atoms with E-state index >= 15 is 0 Å². The fourth-order valence-corrected chi connectivity index (χ4v) is 3.51. The van der Waals surface area contributed by atoms with Crippen LogP contribution in [0.15, 0.2) is 53.0 Å². The Hall–Kier alpha value is -2.27. The molecule has 0 atom stereocenters. The Morgan fingerprint density at radius 2 is 1.96 bits per heavy atom.